The Kier molecular flexibility index (Phi) is 5.17. The van der Waals surface area contributed by atoms with Crippen molar-refractivity contribution in [1.29, 1.82) is 0 Å². The summed E-state index contributed by atoms with van der Waals surface area (Å²) in [6.45, 7) is 2.09. The number of benzene rings is 2. The lowest BCUT2D eigenvalue weighted by atomic mass is 9.97. The van der Waals surface area contributed by atoms with Crippen molar-refractivity contribution in [2.45, 2.75) is 25.6 Å². The second-order valence-electron chi connectivity index (χ2n) is 7.32. The van der Waals surface area contributed by atoms with Crippen LogP contribution in [0.2, 0.25) is 0 Å². The van der Waals surface area contributed by atoms with Crippen molar-refractivity contribution in [3.8, 4) is 0 Å². The van der Waals surface area contributed by atoms with Gasteiger partial charge in [-0.1, -0.05) is 12.1 Å². The quantitative estimate of drug-likeness (QED) is 0.670. The lowest BCUT2D eigenvalue weighted by molar-refractivity contribution is -0.137. The number of hydrogen-bond donors (Lipinski definition) is 1. The second-order valence-corrected chi connectivity index (χ2v) is 7.32. The highest BCUT2D eigenvalue weighted by atomic mass is 19.4. The van der Waals surface area contributed by atoms with Gasteiger partial charge in [-0.2, -0.15) is 13.2 Å². The number of likely N-dealkylation sites (tertiary alicyclic amines) is 1. The zero-order valence-corrected chi connectivity index (χ0v) is 15.7. The highest BCUT2D eigenvalue weighted by molar-refractivity contribution is 5.89. The number of aromatic nitrogens is 2. The average molecular weight is 402 g/mol. The molecule has 0 saturated carbocycles. The van der Waals surface area contributed by atoms with Gasteiger partial charge in [-0.05, 0) is 55.2 Å². The molecule has 3 aromatic rings. The number of nitrogens with one attached hydrogen (secondary N) is 1. The van der Waals surface area contributed by atoms with E-state index in [0.717, 1.165) is 42.6 Å². The molecule has 1 aliphatic rings. The fourth-order valence-corrected chi connectivity index (χ4v) is 3.70. The molecule has 1 N–H and O–H groups in total. The Morgan fingerprint density at radius 1 is 1.07 bits per heavy atom. The number of rotatable bonds is 3. The number of imidazole rings is 1. The smallest absolute Gasteiger partial charge is 0.330 e. The molecule has 0 atom stereocenters. The van der Waals surface area contributed by atoms with Crippen LogP contribution in [0.15, 0.2) is 54.9 Å². The van der Waals surface area contributed by atoms with Gasteiger partial charge in [-0.15, -0.1) is 0 Å². The number of para-hydroxylation sites is 2. The second kappa shape index (κ2) is 7.77. The minimum absolute atomic E-state index is 0.281. The minimum Gasteiger partial charge on any atom is -0.330 e. The largest absolute Gasteiger partial charge is 0.416 e. The average Bonchev–Trinajstić information content (AvgIpc) is 3.11. The fourth-order valence-electron chi connectivity index (χ4n) is 3.70. The molecule has 0 aliphatic carbocycles. The van der Waals surface area contributed by atoms with Gasteiger partial charge >= 0.3 is 12.2 Å². The van der Waals surface area contributed by atoms with Gasteiger partial charge < -0.3 is 14.8 Å². The van der Waals surface area contributed by atoms with E-state index in [9.17, 15) is 18.0 Å². The van der Waals surface area contributed by atoms with Gasteiger partial charge in [0, 0.05) is 25.3 Å². The minimum atomic E-state index is -4.38. The number of alkyl halides is 3. The van der Waals surface area contributed by atoms with Crippen molar-refractivity contribution >= 4 is 22.8 Å². The molecule has 2 aromatic carbocycles. The Hall–Kier alpha value is -3.03. The van der Waals surface area contributed by atoms with Gasteiger partial charge in [-0.25, -0.2) is 9.78 Å². The molecule has 2 amide bonds. The van der Waals surface area contributed by atoms with E-state index in [2.05, 4.69) is 20.9 Å². The van der Waals surface area contributed by atoms with Gasteiger partial charge in [0.15, 0.2) is 0 Å². The van der Waals surface area contributed by atoms with Crippen molar-refractivity contribution < 1.29 is 18.0 Å². The van der Waals surface area contributed by atoms with Gasteiger partial charge in [0.05, 0.1) is 22.9 Å². The number of amides is 2. The number of piperidine rings is 1. The SMILES string of the molecule is O=C(Nc1ccc(C(F)(F)F)cc1)N1CCC(Cn2cnc3ccccc32)CC1. The third-order valence-corrected chi connectivity index (χ3v) is 5.35. The van der Waals surface area contributed by atoms with Crippen LogP contribution < -0.4 is 5.32 Å². The summed E-state index contributed by atoms with van der Waals surface area (Å²) in [4.78, 5) is 18.5. The number of anilines is 1. The van der Waals surface area contributed by atoms with Crippen LogP contribution in [-0.2, 0) is 12.7 Å². The van der Waals surface area contributed by atoms with E-state index >= 15 is 0 Å². The van der Waals surface area contributed by atoms with Gasteiger partial charge in [0.25, 0.3) is 0 Å². The van der Waals surface area contributed by atoms with Crippen molar-refractivity contribution in [3.05, 3.63) is 60.4 Å². The molecular weight excluding hydrogens is 381 g/mol. The molecule has 2 heterocycles. The molecule has 5 nitrogen and oxygen atoms in total. The van der Waals surface area contributed by atoms with Crippen LogP contribution in [0.5, 0.6) is 0 Å². The maximum Gasteiger partial charge on any atom is 0.416 e. The molecule has 1 saturated heterocycles. The molecule has 0 radical (unpaired) electrons. The molecular formula is C21H21F3N4O. The van der Waals surface area contributed by atoms with E-state index in [1.807, 2.05) is 24.5 Å². The molecule has 29 heavy (non-hydrogen) atoms. The Bertz CT molecular complexity index is 989. The van der Waals surface area contributed by atoms with Crippen LogP contribution in [0, 0.1) is 5.92 Å². The van der Waals surface area contributed by atoms with Crippen LogP contribution in [0.1, 0.15) is 18.4 Å². The zero-order chi connectivity index (χ0) is 20.4. The van der Waals surface area contributed by atoms with Crippen molar-refractivity contribution in [3.63, 3.8) is 0 Å². The number of carbonyl (C=O) groups excluding carboxylic acids is 1. The number of hydrogen-bond acceptors (Lipinski definition) is 2. The summed E-state index contributed by atoms with van der Waals surface area (Å²) >= 11 is 0. The van der Waals surface area contributed by atoms with Crippen LogP contribution in [0.4, 0.5) is 23.7 Å². The van der Waals surface area contributed by atoms with Gasteiger partial charge in [0.2, 0.25) is 0 Å². The van der Waals surface area contributed by atoms with Crippen molar-refractivity contribution in [2.24, 2.45) is 5.92 Å². The molecule has 1 aromatic heterocycles. The third kappa shape index (κ3) is 4.36. The van der Waals surface area contributed by atoms with Crippen LogP contribution in [0.3, 0.4) is 0 Å². The first-order valence-corrected chi connectivity index (χ1v) is 9.53. The van der Waals surface area contributed by atoms with Crippen molar-refractivity contribution in [2.75, 3.05) is 18.4 Å². The number of fused-ring (bicyclic) bond motifs is 1. The standard InChI is InChI=1S/C21H21F3N4O/c22-21(23,24)16-5-7-17(8-6-16)26-20(29)27-11-9-15(10-12-27)13-28-14-25-18-3-1-2-4-19(18)28/h1-8,14-15H,9-13H2,(H,26,29). The number of halogens is 3. The Morgan fingerprint density at radius 3 is 2.45 bits per heavy atom. The maximum atomic E-state index is 12.6. The normalized spacial score (nSPS) is 15.6. The van der Waals surface area contributed by atoms with E-state index in [-0.39, 0.29) is 6.03 Å². The molecule has 0 spiro atoms. The van der Waals surface area contributed by atoms with E-state index < -0.39 is 11.7 Å². The summed E-state index contributed by atoms with van der Waals surface area (Å²) in [5.41, 5.74) is 1.70. The molecule has 1 aliphatic heterocycles. The first-order valence-electron chi connectivity index (χ1n) is 9.53. The number of nitrogens with zero attached hydrogens (tertiary/aromatic N) is 3. The van der Waals surface area contributed by atoms with Gasteiger partial charge in [-0.3, -0.25) is 0 Å². The first-order chi connectivity index (χ1) is 13.9. The van der Waals surface area contributed by atoms with E-state index in [0.29, 0.717) is 24.7 Å². The first kappa shape index (κ1) is 19.3. The lowest BCUT2D eigenvalue weighted by Gasteiger charge is -2.32. The summed E-state index contributed by atoms with van der Waals surface area (Å²) in [6, 6.07) is 12.2. The summed E-state index contributed by atoms with van der Waals surface area (Å²) in [7, 11) is 0. The molecule has 1 fully saturated rings. The third-order valence-electron chi connectivity index (χ3n) is 5.35. The van der Waals surface area contributed by atoms with E-state index in [1.54, 1.807) is 4.90 Å². The molecule has 152 valence electrons. The molecule has 0 bridgehead atoms. The Morgan fingerprint density at radius 2 is 1.76 bits per heavy atom. The zero-order valence-electron chi connectivity index (χ0n) is 15.7. The van der Waals surface area contributed by atoms with E-state index in [4.69, 9.17) is 0 Å². The molecule has 8 heteroatoms. The number of carbonyl (C=O) groups is 1. The molecule has 4 rings (SSSR count). The van der Waals surface area contributed by atoms with Crippen LogP contribution >= 0.6 is 0 Å². The highest BCUT2D eigenvalue weighted by Crippen LogP contribution is 2.30. The fraction of sp³-hybridized carbons (Fsp3) is 0.333. The topological polar surface area (TPSA) is 50.2 Å². The van der Waals surface area contributed by atoms with Gasteiger partial charge in [0.1, 0.15) is 0 Å². The summed E-state index contributed by atoms with van der Waals surface area (Å²) in [5, 5.41) is 2.68. The monoisotopic (exact) mass is 402 g/mol. The van der Waals surface area contributed by atoms with E-state index in [1.165, 1.54) is 12.1 Å². The van der Waals surface area contributed by atoms with Crippen LogP contribution in [-0.4, -0.2) is 33.6 Å². The van der Waals surface area contributed by atoms with Crippen LogP contribution in [0.25, 0.3) is 11.0 Å². The number of urea groups is 1. The highest BCUT2D eigenvalue weighted by Gasteiger charge is 2.30. The predicted molar refractivity (Wildman–Crippen MR) is 104 cm³/mol. The summed E-state index contributed by atoms with van der Waals surface area (Å²) in [5.74, 6) is 0.447. The van der Waals surface area contributed by atoms with Crippen molar-refractivity contribution in [1.82, 2.24) is 14.5 Å². The predicted octanol–water partition coefficient (Wildman–Crippen LogP) is 5.00. The Labute approximate surface area is 166 Å². The summed E-state index contributed by atoms with van der Waals surface area (Å²) in [6.07, 6.45) is -0.792. The summed E-state index contributed by atoms with van der Waals surface area (Å²) < 4.78 is 40.0. The molecule has 0 unspecified atom stereocenters. The maximum absolute atomic E-state index is 12.6. The Balaban J connectivity index is 1.30. The lowest BCUT2D eigenvalue weighted by Crippen LogP contribution is -2.41.